The number of aromatic nitrogens is 1. The van der Waals surface area contributed by atoms with Gasteiger partial charge in [-0.15, -0.1) is 12.6 Å². The van der Waals surface area contributed by atoms with Gasteiger partial charge in [0.05, 0.1) is 17.6 Å². The molecule has 0 aliphatic carbocycles. The van der Waals surface area contributed by atoms with Gasteiger partial charge in [0, 0.05) is 10.6 Å². The predicted octanol–water partition coefficient (Wildman–Crippen LogP) is 3.32. The zero-order chi connectivity index (χ0) is 13.0. The lowest BCUT2D eigenvalue weighted by atomic mass is 10.3. The number of hydrogen-bond donors (Lipinski definition) is 3. The van der Waals surface area contributed by atoms with Crippen molar-refractivity contribution in [2.75, 3.05) is 10.6 Å². The number of aryl methyl sites for hydroxylation is 1. The number of amides is 2. The summed E-state index contributed by atoms with van der Waals surface area (Å²) in [6.45, 7) is 1.89. The van der Waals surface area contributed by atoms with Crippen molar-refractivity contribution in [1.29, 1.82) is 0 Å². The Hall–Kier alpha value is -2.01. The number of nitrogens with one attached hydrogen (secondary N) is 2. The Kier molecular flexibility index (Phi) is 3.84. The molecule has 2 aromatic rings. The van der Waals surface area contributed by atoms with Crippen LogP contribution in [0.4, 0.5) is 16.2 Å². The SMILES string of the molecule is Cc1ccc(NC(=O)Nc2ccccc2S)cn1. The molecule has 1 heterocycles. The van der Waals surface area contributed by atoms with E-state index in [4.69, 9.17) is 0 Å². The van der Waals surface area contributed by atoms with E-state index in [9.17, 15) is 4.79 Å². The van der Waals surface area contributed by atoms with Crippen molar-refractivity contribution in [1.82, 2.24) is 4.98 Å². The maximum atomic E-state index is 11.7. The summed E-state index contributed by atoms with van der Waals surface area (Å²) in [5.74, 6) is 0. The fourth-order valence-electron chi connectivity index (χ4n) is 1.41. The van der Waals surface area contributed by atoms with E-state index in [-0.39, 0.29) is 6.03 Å². The smallest absolute Gasteiger partial charge is 0.307 e. The fraction of sp³-hybridized carbons (Fsp3) is 0.0769. The minimum atomic E-state index is -0.317. The molecule has 0 saturated heterocycles. The first-order valence-electron chi connectivity index (χ1n) is 5.44. The van der Waals surface area contributed by atoms with E-state index < -0.39 is 0 Å². The maximum Gasteiger partial charge on any atom is 0.323 e. The van der Waals surface area contributed by atoms with Gasteiger partial charge in [-0.05, 0) is 31.2 Å². The average molecular weight is 259 g/mol. The lowest BCUT2D eigenvalue weighted by Crippen LogP contribution is -2.19. The van der Waals surface area contributed by atoms with Gasteiger partial charge >= 0.3 is 6.03 Å². The van der Waals surface area contributed by atoms with E-state index in [2.05, 4.69) is 28.2 Å². The Morgan fingerprint density at radius 1 is 1.17 bits per heavy atom. The molecule has 2 N–H and O–H groups in total. The highest BCUT2D eigenvalue weighted by Gasteiger charge is 2.04. The van der Waals surface area contributed by atoms with Crippen molar-refractivity contribution in [3.05, 3.63) is 48.3 Å². The van der Waals surface area contributed by atoms with Crippen LogP contribution in [0.2, 0.25) is 0 Å². The number of hydrogen-bond acceptors (Lipinski definition) is 3. The summed E-state index contributed by atoms with van der Waals surface area (Å²) in [6.07, 6.45) is 1.61. The lowest BCUT2D eigenvalue weighted by Gasteiger charge is -2.09. The first-order valence-corrected chi connectivity index (χ1v) is 5.88. The molecule has 5 heteroatoms. The van der Waals surface area contributed by atoms with Crippen LogP contribution in [0.15, 0.2) is 47.5 Å². The van der Waals surface area contributed by atoms with Gasteiger partial charge in [-0.1, -0.05) is 12.1 Å². The molecular formula is C13H13N3OS. The third kappa shape index (κ3) is 3.24. The van der Waals surface area contributed by atoms with E-state index in [1.54, 1.807) is 18.3 Å². The van der Waals surface area contributed by atoms with Gasteiger partial charge in [-0.2, -0.15) is 0 Å². The van der Waals surface area contributed by atoms with Crippen LogP contribution in [0, 0.1) is 6.92 Å². The van der Waals surface area contributed by atoms with Crippen molar-refractivity contribution in [3.63, 3.8) is 0 Å². The van der Waals surface area contributed by atoms with Gasteiger partial charge in [-0.25, -0.2) is 4.79 Å². The fourth-order valence-corrected chi connectivity index (χ4v) is 1.62. The Morgan fingerprint density at radius 3 is 2.61 bits per heavy atom. The molecule has 18 heavy (non-hydrogen) atoms. The summed E-state index contributed by atoms with van der Waals surface area (Å²) in [7, 11) is 0. The third-order valence-electron chi connectivity index (χ3n) is 2.32. The van der Waals surface area contributed by atoms with Gasteiger partial charge < -0.3 is 10.6 Å². The Bertz CT molecular complexity index is 554. The number of para-hydroxylation sites is 1. The van der Waals surface area contributed by atoms with Crippen LogP contribution in [0.5, 0.6) is 0 Å². The lowest BCUT2D eigenvalue weighted by molar-refractivity contribution is 0.262. The second-order valence-electron chi connectivity index (χ2n) is 3.78. The van der Waals surface area contributed by atoms with Crippen molar-refractivity contribution in [3.8, 4) is 0 Å². The standard InChI is InChI=1S/C13H13N3OS/c1-9-6-7-10(8-14-9)15-13(17)16-11-4-2-3-5-12(11)18/h2-8,18H,1H3,(H2,15,16,17). The van der Waals surface area contributed by atoms with Crippen molar-refractivity contribution >= 4 is 30.0 Å². The summed E-state index contributed by atoms with van der Waals surface area (Å²) >= 11 is 4.26. The van der Waals surface area contributed by atoms with Crippen molar-refractivity contribution in [2.45, 2.75) is 11.8 Å². The zero-order valence-electron chi connectivity index (χ0n) is 9.84. The quantitative estimate of drug-likeness (QED) is 0.725. The van der Waals surface area contributed by atoms with Crippen molar-refractivity contribution < 1.29 is 4.79 Å². The first-order chi connectivity index (χ1) is 8.65. The molecule has 0 unspecified atom stereocenters. The van der Waals surface area contributed by atoms with E-state index in [0.29, 0.717) is 11.4 Å². The number of rotatable bonds is 2. The van der Waals surface area contributed by atoms with E-state index >= 15 is 0 Å². The molecule has 0 spiro atoms. The number of benzene rings is 1. The Labute approximate surface area is 111 Å². The second kappa shape index (κ2) is 5.55. The van der Waals surface area contributed by atoms with Gasteiger partial charge in [0.15, 0.2) is 0 Å². The summed E-state index contributed by atoms with van der Waals surface area (Å²) in [5.41, 5.74) is 2.22. The average Bonchev–Trinajstić information content (AvgIpc) is 2.35. The molecule has 0 atom stereocenters. The summed E-state index contributed by atoms with van der Waals surface area (Å²) < 4.78 is 0. The number of thiol groups is 1. The van der Waals surface area contributed by atoms with Crippen LogP contribution < -0.4 is 10.6 Å². The number of anilines is 2. The van der Waals surface area contributed by atoms with Crippen LogP contribution >= 0.6 is 12.6 Å². The highest BCUT2D eigenvalue weighted by molar-refractivity contribution is 7.80. The number of carbonyl (C=O) groups is 1. The second-order valence-corrected chi connectivity index (χ2v) is 4.27. The number of pyridine rings is 1. The Morgan fingerprint density at radius 2 is 1.94 bits per heavy atom. The molecule has 0 aliphatic rings. The number of nitrogens with zero attached hydrogens (tertiary/aromatic N) is 1. The summed E-state index contributed by atoms with van der Waals surface area (Å²) in [6, 6.07) is 10.6. The van der Waals surface area contributed by atoms with Gasteiger partial charge in [0.2, 0.25) is 0 Å². The normalized spacial score (nSPS) is 9.89. The predicted molar refractivity (Wildman–Crippen MR) is 75.3 cm³/mol. The molecule has 0 fully saturated rings. The monoisotopic (exact) mass is 259 g/mol. The van der Waals surface area contributed by atoms with E-state index in [1.165, 1.54) is 0 Å². The van der Waals surface area contributed by atoms with Crippen molar-refractivity contribution in [2.24, 2.45) is 0 Å². The van der Waals surface area contributed by atoms with Crippen LogP contribution in [0.3, 0.4) is 0 Å². The number of carbonyl (C=O) groups excluding carboxylic acids is 1. The molecule has 2 amide bonds. The van der Waals surface area contributed by atoms with Crippen LogP contribution in [-0.2, 0) is 0 Å². The minimum Gasteiger partial charge on any atom is -0.307 e. The number of urea groups is 1. The third-order valence-corrected chi connectivity index (χ3v) is 2.71. The first kappa shape index (κ1) is 12.4. The minimum absolute atomic E-state index is 0.317. The highest BCUT2D eigenvalue weighted by atomic mass is 32.1. The molecule has 0 saturated carbocycles. The highest BCUT2D eigenvalue weighted by Crippen LogP contribution is 2.18. The van der Waals surface area contributed by atoms with Gasteiger partial charge in [-0.3, -0.25) is 4.98 Å². The summed E-state index contributed by atoms with van der Waals surface area (Å²) in [5, 5.41) is 5.42. The Balaban J connectivity index is 2.01. The van der Waals surface area contributed by atoms with Crippen LogP contribution in [0.25, 0.3) is 0 Å². The van der Waals surface area contributed by atoms with Gasteiger partial charge in [0.25, 0.3) is 0 Å². The van der Waals surface area contributed by atoms with Crippen LogP contribution in [-0.4, -0.2) is 11.0 Å². The van der Waals surface area contributed by atoms with E-state index in [0.717, 1.165) is 10.6 Å². The maximum absolute atomic E-state index is 11.7. The molecule has 0 aliphatic heterocycles. The largest absolute Gasteiger partial charge is 0.323 e. The molecular weight excluding hydrogens is 246 g/mol. The topological polar surface area (TPSA) is 54.0 Å². The summed E-state index contributed by atoms with van der Waals surface area (Å²) in [4.78, 5) is 16.6. The molecule has 0 bridgehead atoms. The molecule has 1 aromatic carbocycles. The van der Waals surface area contributed by atoms with Crippen LogP contribution in [0.1, 0.15) is 5.69 Å². The molecule has 92 valence electrons. The van der Waals surface area contributed by atoms with E-state index in [1.807, 2.05) is 31.2 Å². The molecule has 4 nitrogen and oxygen atoms in total. The molecule has 0 radical (unpaired) electrons. The molecule has 2 rings (SSSR count). The molecule has 1 aromatic heterocycles. The van der Waals surface area contributed by atoms with Gasteiger partial charge in [0.1, 0.15) is 0 Å². The zero-order valence-corrected chi connectivity index (χ0v) is 10.7.